The van der Waals surface area contributed by atoms with Gasteiger partial charge in [-0.15, -0.1) is 0 Å². The first kappa shape index (κ1) is 9.79. The molecule has 0 saturated carbocycles. The van der Waals surface area contributed by atoms with Gasteiger partial charge in [0, 0.05) is 18.0 Å². The molecule has 0 saturated heterocycles. The van der Waals surface area contributed by atoms with Gasteiger partial charge in [0.15, 0.2) is 0 Å². The third-order valence-corrected chi connectivity index (χ3v) is 2.16. The molecule has 1 N–H and O–H groups in total. The summed E-state index contributed by atoms with van der Waals surface area (Å²) in [5, 5.41) is 6.92. The topological polar surface area (TPSA) is 63.8 Å². The van der Waals surface area contributed by atoms with E-state index in [-0.39, 0.29) is 6.04 Å². The van der Waals surface area contributed by atoms with E-state index in [1.807, 2.05) is 26.1 Å². The summed E-state index contributed by atoms with van der Waals surface area (Å²) in [5.74, 6) is 1.15. The second-order valence-electron chi connectivity index (χ2n) is 3.21. The van der Waals surface area contributed by atoms with Crippen LogP contribution in [0.5, 0.6) is 0 Å². The van der Waals surface area contributed by atoms with Crippen molar-refractivity contribution in [3.63, 3.8) is 0 Å². The van der Waals surface area contributed by atoms with Gasteiger partial charge in [-0.1, -0.05) is 5.16 Å². The average Bonchev–Trinajstić information content (AvgIpc) is 2.78. The highest BCUT2D eigenvalue weighted by atomic mass is 16.5. The quantitative estimate of drug-likeness (QED) is 0.819. The highest BCUT2D eigenvalue weighted by molar-refractivity contribution is 5.51. The summed E-state index contributed by atoms with van der Waals surface area (Å²) in [7, 11) is 1.85. The molecule has 5 heteroatoms. The summed E-state index contributed by atoms with van der Waals surface area (Å²) in [6, 6.07) is 3.79. The van der Waals surface area contributed by atoms with Gasteiger partial charge in [-0.05, 0) is 26.1 Å². The zero-order chi connectivity index (χ0) is 10.7. The molecule has 0 aliphatic heterocycles. The van der Waals surface area contributed by atoms with Crippen molar-refractivity contribution in [1.82, 2.24) is 20.4 Å². The van der Waals surface area contributed by atoms with Crippen LogP contribution >= 0.6 is 0 Å². The summed E-state index contributed by atoms with van der Waals surface area (Å²) < 4.78 is 5.12. The Hall–Kier alpha value is -1.75. The number of nitrogens with zero attached hydrogens (tertiary/aromatic N) is 3. The Kier molecular flexibility index (Phi) is 2.73. The van der Waals surface area contributed by atoms with E-state index in [0.717, 1.165) is 5.56 Å². The lowest BCUT2D eigenvalue weighted by atomic mass is 10.3. The lowest BCUT2D eigenvalue weighted by Crippen LogP contribution is -2.12. The van der Waals surface area contributed by atoms with Gasteiger partial charge in [0.05, 0.1) is 6.04 Å². The molecule has 5 nitrogen and oxygen atoms in total. The van der Waals surface area contributed by atoms with E-state index in [1.165, 1.54) is 0 Å². The maximum Gasteiger partial charge on any atom is 0.243 e. The Balaban J connectivity index is 2.28. The van der Waals surface area contributed by atoms with Gasteiger partial charge in [-0.25, -0.2) is 0 Å². The summed E-state index contributed by atoms with van der Waals surface area (Å²) in [4.78, 5) is 8.27. The molecule has 1 atom stereocenters. The van der Waals surface area contributed by atoms with Crippen LogP contribution < -0.4 is 5.32 Å². The molecule has 2 rings (SSSR count). The van der Waals surface area contributed by atoms with E-state index < -0.39 is 0 Å². The van der Waals surface area contributed by atoms with Crippen LogP contribution in [-0.2, 0) is 0 Å². The molecule has 0 aliphatic carbocycles. The summed E-state index contributed by atoms with van der Waals surface area (Å²) >= 11 is 0. The van der Waals surface area contributed by atoms with Gasteiger partial charge in [0.25, 0.3) is 0 Å². The average molecular weight is 204 g/mol. The molecule has 0 radical (unpaired) electrons. The monoisotopic (exact) mass is 204 g/mol. The fourth-order valence-electron chi connectivity index (χ4n) is 1.15. The number of aromatic nitrogens is 3. The van der Waals surface area contributed by atoms with Crippen molar-refractivity contribution in [2.24, 2.45) is 0 Å². The lowest BCUT2D eigenvalue weighted by Gasteiger charge is -2.01. The van der Waals surface area contributed by atoms with Crippen LogP contribution in [0.25, 0.3) is 11.4 Å². The van der Waals surface area contributed by atoms with Crippen LogP contribution in [0.4, 0.5) is 0 Å². The molecule has 0 bridgehead atoms. The molecule has 2 aromatic rings. The Labute approximate surface area is 87.5 Å². The maximum atomic E-state index is 5.12. The van der Waals surface area contributed by atoms with E-state index in [4.69, 9.17) is 4.52 Å². The van der Waals surface area contributed by atoms with Gasteiger partial charge in [-0.3, -0.25) is 4.98 Å². The molecule has 0 aromatic carbocycles. The molecule has 1 unspecified atom stereocenters. The SMILES string of the molecule is CNC(C)c1nc(-c2cccnc2)no1. The molecule has 2 aromatic heterocycles. The lowest BCUT2D eigenvalue weighted by molar-refractivity contribution is 0.347. The highest BCUT2D eigenvalue weighted by Crippen LogP contribution is 2.16. The summed E-state index contributed by atoms with van der Waals surface area (Å²) in [6.45, 7) is 1.96. The molecule has 0 fully saturated rings. The fourth-order valence-corrected chi connectivity index (χ4v) is 1.15. The molecule has 0 aliphatic rings. The van der Waals surface area contributed by atoms with E-state index in [1.54, 1.807) is 12.4 Å². The zero-order valence-electron chi connectivity index (χ0n) is 8.64. The smallest absolute Gasteiger partial charge is 0.243 e. The predicted molar refractivity (Wildman–Crippen MR) is 55.0 cm³/mol. The summed E-state index contributed by atoms with van der Waals surface area (Å²) in [6.07, 6.45) is 3.42. The van der Waals surface area contributed by atoms with E-state index in [2.05, 4.69) is 20.4 Å². The maximum absolute atomic E-state index is 5.12. The molecule has 15 heavy (non-hydrogen) atoms. The zero-order valence-corrected chi connectivity index (χ0v) is 8.64. The van der Waals surface area contributed by atoms with Crippen LogP contribution in [0.15, 0.2) is 29.0 Å². The third-order valence-electron chi connectivity index (χ3n) is 2.16. The van der Waals surface area contributed by atoms with Crippen molar-refractivity contribution in [3.05, 3.63) is 30.4 Å². The Morgan fingerprint density at radius 3 is 3.00 bits per heavy atom. The first-order chi connectivity index (χ1) is 7.31. The van der Waals surface area contributed by atoms with Crippen molar-refractivity contribution in [1.29, 1.82) is 0 Å². The van der Waals surface area contributed by atoms with E-state index in [9.17, 15) is 0 Å². The Morgan fingerprint density at radius 2 is 2.33 bits per heavy atom. The van der Waals surface area contributed by atoms with Crippen LogP contribution in [0.1, 0.15) is 18.9 Å². The van der Waals surface area contributed by atoms with E-state index in [0.29, 0.717) is 11.7 Å². The van der Waals surface area contributed by atoms with Crippen molar-refractivity contribution in [3.8, 4) is 11.4 Å². The van der Waals surface area contributed by atoms with Gasteiger partial charge in [-0.2, -0.15) is 4.98 Å². The van der Waals surface area contributed by atoms with Crippen LogP contribution in [0, 0.1) is 0 Å². The number of pyridine rings is 1. The van der Waals surface area contributed by atoms with E-state index >= 15 is 0 Å². The first-order valence-electron chi connectivity index (χ1n) is 4.72. The van der Waals surface area contributed by atoms with Crippen LogP contribution in [0.2, 0.25) is 0 Å². The van der Waals surface area contributed by atoms with Gasteiger partial charge in [0.2, 0.25) is 11.7 Å². The molecule has 78 valence electrons. The molecule has 0 spiro atoms. The Morgan fingerprint density at radius 1 is 1.47 bits per heavy atom. The number of hydrogen-bond acceptors (Lipinski definition) is 5. The molecule has 2 heterocycles. The largest absolute Gasteiger partial charge is 0.337 e. The predicted octanol–water partition coefficient (Wildman–Crippen LogP) is 1.41. The summed E-state index contributed by atoms with van der Waals surface area (Å²) in [5.41, 5.74) is 0.857. The minimum Gasteiger partial charge on any atom is -0.337 e. The minimum absolute atomic E-state index is 0.0583. The van der Waals surface area contributed by atoms with Crippen LogP contribution in [-0.4, -0.2) is 22.2 Å². The second kappa shape index (κ2) is 4.18. The highest BCUT2D eigenvalue weighted by Gasteiger charge is 2.12. The van der Waals surface area contributed by atoms with Crippen LogP contribution in [0.3, 0.4) is 0 Å². The van der Waals surface area contributed by atoms with Crippen molar-refractivity contribution < 1.29 is 4.52 Å². The Bertz CT molecular complexity index is 426. The third kappa shape index (κ3) is 2.02. The molecular weight excluding hydrogens is 192 g/mol. The first-order valence-corrected chi connectivity index (χ1v) is 4.72. The minimum atomic E-state index is 0.0583. The number of nitrogens with one attached hydrogen (secondary N) is 1. The number of hydrogen-bond donors (Lipinski definition) is 1. The fraction of sp³-hybridized carbons (Fsp3) is 0.300. The van der Waals surface area contributed by atoms with Gasteiger partial charge in [0.1, 0.15) is 0 Å². The van der Waals surface area contributed by atoms with Gasteiger partial charge >= 0.3 is 0 Å². The standard InChI is InChI=1S/C10H12N4O/c1-7(11-2)10-13-9(14-15-10)8-4-3-5-12-6-8/h3-7,11H,1-2H3. The van der Waals surface area contributed by atoms with Crippen molar-refractivity contribution >= 4 is 0 Å². The molecule has 0 amide bonds. The van der Waals surface area contributed by atoms with Crippen molar-refractivity contribution in [2.45, 2.75) is 13.0 Å². The normalized spacial score (nSPS) is 12.7. The number of rotatable bonds is 3. The van der Waals surface area contributed by atoms with Gasteiger partial charge < -0.3 is 9.84 Å². The molecular formula is C10H12N4O. The second-order valence-corrected chi connectivity index (χ2v) is 3.21. The van der Waals surface area contributed by atoms with Crippen molar-refractivity contribution in [2.75, 3.05) is 7.05 Å².